The van der Waals surface area contributed by atoms with E-state index in [1.807, 2.05) is 31.2 Å². The second kappa shape index (κ2) is 11.6. The third-order valence-electron chi connectivity index (χ3n) is 7.44. The van der Waals surface area contributed by atoms with Gasteiger partial charge in [0, 0.05) is 24.3 Å². The van der Waals surface area contributed by atoms with Gasteiger partial charge in [0.15, 0.2) is 0 Å². The highest BCUT2D eigenvalue weighted by molar-refractivity contribution is 5.40. The lowest BCUT2D eigenvalue weighted by atomic mass is 9.71. The topological polar surface area (TPSA) is 33.9 Å². The van der Waals surface area contributed by atoms with Crippen molar-refractivity contribution in [1.82, 2.24) is 0 Å². The van der Waals surface area contributed by atoms with E-state index >= 15 is 0 Å². The van der Waals surface area contributed by atoms with Gasteiger partial charge in [-0.05, 0) is 66.1 Å². The van der Waals surface area contributed by atoms with Gasteiger partial charge in [0.25, 0.3) is 0 Å². The summed E-state index contributed by atoms with van der Waals surface area (Å²) >= 11 is 0. The largest absolute Gasteiger partial charge is 0.494 e. The van der Waals surface area contributed by atoms with Gasteiger partial charge in [-0.1, -0.05) is 31.2 Å². The summed E-state index contributed by atoms with van der Waals surface area (Å²) in [5, 5.41) is 12.1. The summed E-state index contributed by atoms with van der Waals surface area (Å²) in [6.45, 7) is 4.85. The molecule has 0 amide bonds. The Balaban J connectivity index is 1.54. The van der Waals surface area contributed by atoms with E-state index in [1.165, 1.54) is 29.2 Å². The summed E-state index contributed by atoms with van der Waals surface area (Å²) in [6.07, 6.45) is -7.07. The zero-order chi connectivity index (χ0) is 28.3. The lowest BCUT2D eigenvalue weighted by molar-refractivity contribution is -0.920. The molecule has 3 nitrogen and oxygen atoms in total. The molecule has 1 aliphatic rings. The summed E-state index contributed by atoms with van der Waals surface area (Å²) in [5.41, 5.74) is -1.86. The number of nitrogens with one attached hydrogen (secondary N) is 1. The lowest BCUT2D eigenvalue weighted by Gasteiger charge is -2.41. The van der Waals surface area contributed by atoms with Crippen LogP contribution in [0.2, 0.25) is 0 Å². The van der Waals surface area contributed by atoms with Crippen LogP contribution < -0.4 is 9.64 Å². The molecule has 0 radical (unpaired) electrons. The molecule has 2 N–H and O–H groups in total. The van der Waals surface area contributed by atoms with Gasteiger partial charge in [-0.25, -0.2) is 0 Å². The van der Waals surface area contributed by atoms with Crippen LogP contribution in [-0.2, 0) is 24.5 Å². The third-order valence-corrected chi connectivity index (χ3v) is 7.44. The number of likely N-dealkylation sites (tertiary alicyclic amines) is 1. The predicted molar refractivity (Wildman–Crippen MR) is 135 cm³/mol. The van der Waals surface area contributed by atoms with Gasteiger partial charge in [0.2, 0.25) is 0 Å². The molecular formula is C30H32F6NO2+. The SMILES string of the molecule is CCCOc1ccc(C[NH+]2CCC(C(O)(c3ccc(C(F)(F)F)cc3)c3ccc(C(F)(F)F)cc3)CC2)cc1. The number of aliphatic hydroxyl groups is 1. The molecule has 1 fully saturated rings. The molecule has 0 saturated carbocycles. The van der Waals surface area contributed by atoms with Crippen molar-refractivity contribution in [3.05, 3.63) is 101 Å². The van der Waals surface area contributed by atoms with Crippen LogP contribution in [0.25, 0.3) is 0 Å². The first kappa shape index (κ1) is 29.0. The molecule has 0 aromatic heterocycles. The summed E-state index contributed by atoms with van der Waals surface area (Å²) in [4.78, 5) is 1.29. The Morgan fingerprint density at radius 3 is 1.56 bits per heavy atom. The number of quaternary nitrogens is 1. The van der Waals surface area contributed by atoms with Crippen molar-refractivity contribution >= 4 is 0 Å². The molecule has 0 unspecified atom stereocenters. The Labute approximate surface area is 224 Å². The molecule has 210 valence electrons. The highest BCUT2D eigenvalue weighted by atomic mass is 19.4. The molecule has 0 bridgehead atoms. The number of ether oxygens (including phenoxy) is 1. The van der Waals surface area contributed by atoms with E-state index < -0.39 is 29.1 Å². The molecule has 3 aromatic rings. The van der Waals surface area contributed by atoms with Crippen molar-refractivity contribution in [1.29, 1.82) is 0 Å². The smallest absolute Gasteiger partial charge is 0.416 e. The van der Waals surface area contributed by atoms with Crippen molar-refractivity contribution in [2.24, 2.45) is 5.92 Å². The fourth-order valence-corrected chi connectivity index (χ4v) is 5.30. The summed E-state index contributed by atoms with van der Waals surface area (Å²) in [7, 11) is 0. The van der Waals surface area contributed by atoms with Crippen LogP contribution in [0.1, 0.15) is 54.0 Å². The third kappa shape index (κ3) is 6.76. The lowest BCUT2D eigenvalue weighted by Crippen LogP contribution is -3.11. The number of piperidine rings is 1. The number of benzene rings is 3. The molecule has 0 atom stereocenters. The monoisotopic (exact) mass is 552 g/mol. The van der Waals surface area contributed by atoms with Gasteiger partial charge < -0.3 is 14.7 Å². The average Bonchev–Trinajstić information content (AvgIpc) is 2.92. The number of hydrogen-bond donors (Lipinski definition) is 2. The number of halogens is 6. The molecular weight excluding hydrogens is 520 g/mol. The van der Waals surface area contributed by atoms with Gasteiger partial charge in [0.05, 0.1) is 30.8 Å². The molecule has 39 heavy (non-hydrogen) atoms. The second-order valence-corrected chi connectivity index (χ2v) is 10.1. The molecule has 4 rings (SSSR count). The van der Waals surface area contributed by atoms with Crippen molar-refractivity contribution in [3.8, 4) is 5.75 Å². The minimum Gasteiger partial charge on any atom is -0.494 e. The van der Waals surface area contributed by atoms with Crippen LogP contribution in [0.4, 0.5) is 26.3 Å². The molecule has 9 heteroatoms. The summed E-state index contributed by atoms with van der Waals surface area (Å²) < 4.78 is 84.6. The molecule has 3 aromatic carbocycles. The van der Waals surface area contributed by atoms with Gasteiger partial charge in [-0.3, -0.25) is 0 Å². The van der Waals surface area contributed by atoms with E-state index in [-0.39, 0.29) is 17.0 Å². The molecule has 0 aliphatic carbocycles. The Kier molecular flexibility index (Phi) is 8.61. The first-order valence-corrected chi connectivity index (χ1v) is 13.0. The average molecular weight is 553 g/mol. The van der Waals surface area contributed by atoms with Crippen LogP contribution in [0.3, 0.4) is 0 Å². The summed E-state index contributed by atoms with van der Waals surface area (Å²) in [6, 6.07) is 16.4. The highest BCUT2D eigenvalue weighted by Gasteiger charge is 2.44. The Bertz CT molecular complexity index is 1140. The molecule has 1 aliphatic heterocycles. The first-order chi connectivity index (χ1) is 18.4. The molecule has 0 spiro atoms. The maximum Gasteiger partial charge on any atom is 0.416 e. The van der Waals surface area contributed by atoms with E-state index in [2.05, 4.69) is 0 Å². The van der Waals surface area contributed by atoms with Gasteiger partial charge >= 0.3 is 12.4 Å². The second-order valence-electron chi connectivity index (χ2n) is 10.1. The quantitative estimate of drug-likeness (QED) is 0.324. The zero-order valence-electron chi connectivity index (χ0n) is 21.6. The van der Waals surface area contributed by atoms with E-state index in [0.717, 1.165) is 48.5 Å². The molecule has 1 heterocycles. The normalized spacial score (nSPS) is 18.7. The van der Waals surface area contributed by atoms with Crippen molar-refractivity contribution in [2.75, 3.05) is 19.7 Å². The highest BCUT2D eigenvalue weighted by Crippen LogP contribution is 2.42. The number of hydrogen-bond acceptors (Lipinski definition) is 2. The first-order valence-electron chi connectivity index (χ1n) is 13.0. The zero-order valence-corrected chi connectivity index (χ0v) is 21.6. The summed E-state index contributed by atoms with van der Waals surface area (Å²) in [5.74, 6) is 0.423. The van der Waals surface area contributed by atoms with E-state index in [1.54, 1.807) is 0 Å². The van der Waals surface area contributed by atoms with Gasteiger partial charge in [-0.2, -0.15) is 26.3 Å². The van der Waals surface area contributed by atoms with Crippen LogP contribution in [0.5, 0.6) is 5.75 Å². The van der Waals surface area contributed by atoms with Gasteiger partial charge in [0.1, 0.15) is 17.9 Å². The Morgan fingerprint density at radius 1 is 0.718 bits per heavy atom. The van der Waals surface area contributed by atoms with Crippen LogP contribution in [0.15, 0.2) is 72.8 Å². The predicted octanol–water partition coefficient (Wildman–Crippen LogP) is 6.24. The Morgan fingerprint density at radius 2 is 1.15 bits per heavy atom. The fourth-order valence-electron chi connectivity index (χ4n) is 5.30. The van der Waals surface area contributed by atoms with E-state index in [0.29, 0.717) is 32.5 Å². The van der Waals surface area contributed by atoms with Crippen molar-refractivity contribution in [2.45, 2.75) is 50.7 Å². The van der Waals surface area contributed by atoms with Crippen molar-refractivity contribution in [3.63, 3.8) is 0 Å². The van der Waals surface area contributed by atoms with Gasteiger partial charge in [-0.15, -0.1) is 0 Å². The number of alkyl halides is 6. The van der Waals surface area contributed by atoms with Crippen LogP contribution in [0, 0.1) is 5.92 Å². The van der Waals surface area contributed by atoms with E-state index in [9.17, 15) is 31.4 Å². The van der Waals surface area contributed by atoms with Crippen molar-refractivity contribution < 1.29 is 41.1 Å². The standard InChI is InChI=1S/C30H31F6NO2/c1-2-19-39-27-13-3-21(4-14-27)20-37-17-15-24(16-18-37)28(38,22-5-9-25(10-6-22)29(31,32)33)23-7-11-26(12-8-23)30(34,35)36/h3-14,24,38H,2,15-20H2,1H3/p+1. The van der Waals surface area contributed by atoms with Crippen LogP contribution >= 0.6 is 0 Å². The number of rotatable bonds is 8. The maximum absolute atomic E-state index is 13.2. The Hall–Kier alpha value is -3.04. The maximum atomic E-state index is 13.2. The fraction of sp³-hybridized carbons (Fsp3) is 0.400. The minimum atomic E-state index is -4.54. The minimum absolute atomic E-state index is 0.228. The van der Waals surface area contributed by atoms with E-state index in [4.69, 9.17) is 4.74 Å². The molecule has 1 saturated heterocycles. The van der Waals surface area contributed by atoms with Crippen LogP contribution in [-0.4, -0.2) is 24.8 Å².